The third-order valence-electron chi connectivity index (χ3n) is 7.66. The van der Waals surface area contributed by atoms with Crippen molar-refractivity contribution in [1.82, 2.24) is 15.0 Å². The molecule has 0 aliphatic carbocycles. The number of aromatic nitrogens is 3. The van der Waals surface area contributed by atoms with Gasteiger partial charge in [0, 0.05) is 27.5 Å². The highest BCUT2D eigenvalue weighted by molar-refractivity contribution is 6.88. The Hall–Kier alpha value is -5.39. The molecule has 5 heteroatoms. The van der Waals surface area contributed by atoms with Crippen molar-refractivity contribution in [3.8, 4) is 45.3 Å². The van der Waals surface area contributed by atoms with E-state index in [1.165, 1.54) is 5.19 Å². The fraction of sp³-hybridized carbons (Fsp3) is 0.0750. The van der Waals surface area contributed by atoms with Gasteiger partial charge >= 0.3 is 0 Å². The zero-order chi connectivity index (χ0) is 40.1. The topological polar surface area (TPSA) is 51.8 Å². The summed E-state index contributed by atoms with van der Waals surface area (Å²) < 4.78 is 102. The molecule has 216 valence electrons. The Morgan fingerprint density at radius 3 is 2.04 bits per heavy atom. The van der Waals surface area contributed by atoms with E-state index in [0.29, 0.717) is 11.1 Å². The van der Waals surface area contributed by atoms with Crippen LogP contribution in [0.25, 0.3) is 78.0 Å². The van der Waals surface area contributed by atoms with Crippen LogP contribution in [-0.4, -0.2) is 23.0 Å². The van der Waals surface area contributed by atoms with Gasteiger partial charge in [-0.1, -0.05) is 134 Å². The summed E-state index contributed by atoms with van der Waals surface area (Å²) in [6.45, 7) is 6.73. The molecule has 0 spiro atoms. The smallest absolute Gasteiger partial charge is 0.164 e. The largest absolute Gasteiger partial charge is 0.456 e. The number of rotatable bonds is 5. The first-order chi connectivity index (χ1) is 26.5. The Balaban J connectivity index is 1.42. The predicted octanol–water partition coefficient (Wildman–Crippen LogP) is 10.1. The number of hydrogen-bond acceptors (Lipinski definition) is 4. The zero-order valence-electron chi connectivity index (χ0n) is 35.6. The van der Waals surface area contributed by atoms with E-state index in [1.807, 2.05) is 66.7 Å². The van der Waals surface area contributed by atoms with E-state index in [4.69, 9.17) is 29.0 Å². The van der Waals surface area contributed by atoms with Crippen molar-refractivity contribution in [2.24, 2.45) is 0 Å². The molecule has 0 amide bonds. The van der Waals surface area contributed by atoms with Crippen LogP contribution < -0.4 is 5.19 Å². The maximum Gasteiger partial charge on any atom is 0.164 e. The van der Waals surface area contributed by atoms with E-state index in [1.54, 1.807) is 0 Å². The van der Waals surface area contributed by atoms with Crippen molar-refractivity contribution in [3.63, 3.8) is 0 Å². The van der Waals surface area contributed by atoms with E-state index in [9.17, 15) is 5.48 Å². The molecular weight excluding hydrogens is 567 g/mol. The van der Waals surface area contributed by atoms with Gasteiger partial charge in [0.15, 0.2) is 17.5 Å². The molecule has 4 nitrogen and oxygen atoms in total. The molecule has 6 aromatic carbocycles. The summed E-state index contributed by atoms with van der Waals surface area (Å²) in [6.07, 6.45) is 0. The van der Waals surface area contributed by atoms with Gasteiger partial charge in [0.25, 0.3) is 0 Å². The minimum atomic E-state index is -1.64. The normalized spacial score (nSPS) is 15.3. The van der Waals surface area contributed by atoms with Gasteiger partial charge < -0.3 is 4.42 Å². The predicted molar refractivity (Wildman–Crippen MR) is 189 cm³/mol. The maximum absolute atomic E-state index is 9.39. The van der Waals surface area contributed by atoms with Gasteiger partial charge in [-0.3, -0.25) is 0 Å². The third kappa shape index (κ3) is 5.01. The summed E-state index contributed by atoms with van der Waals surface area (Å²) in [6, 6.07) is 15.0. The van der Waals surface area contributed by atoms with Crippen molar-refractivity contribution < 1.29 is 19.5 Å². The third-order valence-corrected chi connectivity index (χ3v) is 9.72. The SMILES string of the molecule is [2H]c1c([2H])c([2H])c(-c2c([2H])c([2H])c3oc4c([2H])c(-c5nc(-c6ccc([Si](C)(C)C)cc6)nc(-c6cccc7ccccc67)n5)c([2H])c([2H])c4c3c2[2H])c([2H])c1[2H]. The summed E-state index contributed by atoms with van der Waals surface area (Å²) in [4.78, 5) is 14.4. The van der Waals surface area contributed by atoms with E-state index >= 15 is 0 Å². The average Bonchev–Trinajstić information content (AvgIpc) is 3.60. The van der Waals surface area contributed by atoms with Crippen LogP contribution in [0.2, 0.25) is 19.6 Å². The highest BCUT2D eigenvalue weighted by Crippen LogP contribution is 2.35. The van der Waals surface area contributed by atoms with Crippen molar-refractivity contribution in [1.29, 1.82) is 0 Å². The Bertz CT molecular complexity index is 2950. The number of benzene rings is 6. The van der Waals surface area contributed by atoms with E-state index < -0.39 is 85.7 Å². The minimum Gasteiger partial charge on any atom is -0.456 e. The second-order valence-corrected chi connectivity index (χ2v) is 16.7. The molecule has 0 bridgehead atoms. The van der Waals surface area contributed by atoms with Crippen LogP contribution in [0.4, 0.5) is 0 Å². The van der Waals surface area contributed by atoms with Crippen LogP contribution in [0.5, 0.6) is 0 Å². The average molecular weight is 609 g/mol. The minimum absolute atomic E-state index is 0.0729. The lowest BCUT2D eigenvalue weighted by atomic mass is 10.0. The molecule has 0 unspecified atom stereocenters. The molecular formula is C40H31N3OSi. The van der Waals surface area contributed by atoms with Crippen molar-refractivity contribution in [3.05, 3.63) is 133 Å². The molecule has 8 aromatic rings. The van der Waals surface area contributed by atoms with E-state index in [-0.39, 0.29) is 45.0 Å². The lowest BCUT2D eigenvalue weighted by Gasteiger charge is -2.16. The molecule has 0 atom stereocenters. The lowest BCUT2D eigenvalue weighted by molar-refractivity contribution is 0.669. The van der Waals surface area contributed by atoms with Gasteiger partial charge in [-0.15, -0.1) is 0 Å². The van der Waals surface area contributed by atoms with Crippen LogP contribution in [0, 0.1) is 0 Å². The Morgan fingerprint density at radius 2 is 1.24 bits per heavy atom. The molecule has 45 heavy (non-hydrogen) atoms. The fourth-order valence-corrected chi connectivity index (χ4v) is 6.45. The number of fused-ring (bicyclic) bond motifs is 4. The monoisotopic (exact) mass is 608 g/mol. The quantitative estimate of drug-likeness (QED) is 0.182. The number of nitrogens with zero attached hydrogens (tertiary/aromatic N) is 3. The lowest BCUT2D eigenvalue weighted by Crippen LogP contribution is -2.37. The molecule has 0 aliphatic rings. The summed E-state index contributed by atoms with van der Waals surface area (Å²) in [5.74, 6) is 0.477. The van der Waals surface area contributed by atoms with Crippen molar-refractivity contribution in [2.45, 2.75) is 19.6 Å². The fourth-order valence-electron chi connectivity index (χ4n) is 5.28. The molecule has 0 N–H and O–H groups in total. The van der Waals surface area contributed by atoms with Crippen LogP contribution in [0.1, 0.15) is 15.1 Å². The molecule has 0 saturated carbocycles. The molecule has 2 heterocycles. The molecule has 0 radical (unpaired) electrons. The summed E-state index contributed by atoms with van der Waals surface area (Å²) in [5.41, 5.74) is -0.254. The van der Waals surface area contributed by atoms with Crippen LogP contribution in [0.3, 0.4) is 0 Å². The van der Waals surface area contributed by atoms with E-state index in [0.717, 1.165) is 10.8 Å². The second kappa shape index (κ2) is 10.6. The highest BCUT2D eigenvalue weighted by Gasteiger charge is 2.19. The first kappa shape index (κ1) is 17.8. The summed E-state index contributed by atoms with van der Waals surface area (Å²) in [7, 11) is -1.64. The summed E-state index contributed by atoms with van der Waals surface area (Å²) in [5, 5.41) is 2.67. The van der Waals surface area contributed by atoms with Crippen LogP contribution in [-0.2, 0) is 0 Å². The van der Waals surface area contributed by atoms with Crippen molar-refractivity contribution in [2.75, 3.05) is 0 Å². The first-order valence-electron chi connectivity index (χ1n) is 19.9. The zero-order valence-corrected chi connectivity index (χ0v) is 25.6. The van der Waals surface area contributed by atoms with Gasteiger partial charge in [0.2, 0.25) is 0 Å². The standard InChI is InChI=1S/C40H31N3OSi/c1-45(2,3)31-20-16-28(17-21-31)38-41-39(43-40(42-38)34-15-9-13-27-12-7-8-14-32(27)34)30-18-22-33-35-24-29(26-10-5-4-6-11-26)19-23-36(35)44-37(33)25-30/h4-25H,1-3H3/i4D,5D,6D,10D,11D,18D,19D,22D,23D,24D,25D. The van der Waals surface area contributed by atoms with Crippen molar-refractivity contribution >= 4 is 46.0 Å². The molecule has 8 rings (SSSR count). The van der Waals surface area contributed by atoms with Crippen LogP contribution in [0.15, 0.2) is 138 Å². The molecule has 2 aromatic heterocycles. The molecule has 0 fully saturated rings. The summed E-state index contributed by atoms with van der Waals surface area (Å²) >= 11 is 0. The second-order valence-electron chi connectivity index (χ2n) is 11.7. The Morgan fingerprint density at radius 1 is 0.533 bits per heavy atom. The van der Waals surface area contributed by atoms with Gasteiger partial charge in [-0.05, 0) is 46.1 Å². The number of furan rings is 1. The van der Waals surface area contributed by atoms with Gasteiger partial charge in [-0.2, -0.15) is 0 Å². The van der Waals surface area contributed by atoms with Crippen LogP contribution >= 0.6 is 0 Å². The van der Waals surface area contributed by atoms with Gasteiger partial charge in [0.1, 0.15) is 11.2 Å². The molecule has 0 aliphatic heterocycles. The van der Waals surface area contributed by atoms with E-state index in [2.05, 4.69) is 19.6 Å². The highest BCUT2D eigenvalue weighted by atomic mass is 28.3. The Kier molecular flexibility index (Phi) is 4.21. The Labute approximate surface area is 278 Å². The molecule has 0 saturated heterocycles. The number of hydrogen-bond donors (Lipinski definition) is 0. The van der Waals surface area contributed by atoms with Gasteiger partial charge in [-0.25, -0.2) is 15.0 Å². The van der Waals surface area contributed by atoms with Gasteiger partial charge in [0.05, 0.1) is 23.2 Å². The first-order valence-corrected chi connectivity index (χ1v) is 17.9. The maximum atomic E-state index is 9.39.